The van der Waals surface area contributed by atoms with Gasteiger partial charge in [-0.1, -0.05) is 28.1 Å². The quantitative estimate of drug-likeness (QED) is 0.508. The van der Waals surface area contributed by atoms with Gasteiger partial charge in [-0.3, -0.25) is 14.3 Å². The van der Waals surface area contributed by atoms with Crippen LogP contribution in [-0.2, 0) is 10.0 Å². The molecule has 0 radical (unpaired) electrons. The molecule has 0 saturated heterocycles. The van der Waals surface area contributed by atoms with Crippen molar-refractivity contribution in [3.05, 3.63) is 88.4 Å². The van der Waals surface area contributed by atoms with Gasteiger partial charge in [0.2, 0.25) is 0 Å². The monoisotopic (exact) mass is 472 g/mol. The zero-order valence-corrected chi connectivity index (χ0v) is 17.7. The highest BCUT2D eigenvalue weighted by atomic mass is 79.9. The highest BCUT2D eigenvalue weighted by molar-refractivity contribution is 9.10. The van der Waals surface area contributed by atoms with Crippen LogP contribution in [0.2, 0.25) is 0 Å². The van der Waals surface area contributed by atoms with Gasteiger partial charge in [-0.25, -0.2) is 8.42 Å². The molecule has 0 aliphatic rings. The van der Waals surface area contributed by atoms with Crippen LogP contribution < -0.4 is 10.0 Å². The lowest BCUT2D eigenvalue weighted by Gasteiger charge is -2.10. The van der Waals surface area contributed by atoms with Gasteiger partial charge in [-0.2, -0.15) is 0 Å². The molecule has 0 fully saturated rings. The van der Waals surface area contributed by atoms with Crippen LogP contribution in [0.1, 0.15) is 27.6 Å². The number of anilines is 2. The van der Waals surface area contributed by atoms with Gasteiger partial charge in [-0.15, -0.1) is 0 Å². The highest BCUT2D eigenvalue weighted by Gasteiger charge is 2.14. The van der Waals surface area contributed by atoms with Gasteiger partial charge in [-0.05, 0) is 67.6 Å². The molecule has 0 atom stereocenters. The Hall–Kier alpha value is -2.97. The summed E-state index contributed by atoms with van der Waals surface area (Å²) < 4.78 is 28.1. The largest absolute Gasteiger partial charge is 0.322 e. The number of amides is 1. The number of ketones is 1. The molecule has 1 amide bonds. The third-order valence-electron chi connectivity index (χ3n) is 4.05. The Bertz CT molecular complexity index is 1160. The molecule has 148 valence electrons. The van der Waals surface area contributed by atoms with Gasteiger partial charge in [0.25, 0.3) is 15.9 Å². The first-order valence-electron chi connectivity index (χ1n) is 8.55. The maximum atomic E-state index is 12.4. The molecule has 0 aliphatic carbocycles. The summed E-state index contributed by atoms with van der Waals surface area (Å²) in [6, 6.07) is 19.0. The number of carbonyl (C=O) groups is 2. The number of carbonyl (C=O) groups excluding carboxylic acids is 2. The first-order chi connectivity index (χ1) is 13.7. The number of sulfonamides is 1. The van der Waals surface area contributed by atoms with Crippen molar-refractivity contribution in [1.29, 1.82) is 0 Å². The summed E-state index contributed by atoms with van der Waals surface area (Å²) in [4.78, 5) is 24.0. The lowest BCUT2D eigenvalue weighted by atomic mass is 10.1. The van der Waals surface area contributed by atoms with E-state index in [9.17, 15) is 18.0 Å². The van der Waals surface area contributed by atoms with Crippen LogP contribution in [0.5, 0.6) is 0 Å². The Balaban J connectivity index is 1.71. The van der Waals surface area contributed by atoms with E-state index in [1.807, 2.05) is 0 Å². The molecular weight excluding hydrogens is 456 g/mol. The molecule has 0 saturated carbocycles. The maximum Gasteiger partial charge on any atom is 0.261 e. The average molecular weight is 473 g/mol. The summed E-state index contributed by atoms with van der Waals surface area (Å²) in [6.45, 7) is 1.45. The molecule has 2 N–H and O–H groups in total. The standard InChI is InChI=1S/C21H17BrN2O4S/c1-14(25)16-3-2-4-19(13-16)23-21(26)15-5-9-18(10-6-15)24-29(27,28)20-11-7-17(22)8-12-20/h2-13,24H,1H3,(H,23,26). The van der Waals surface area contributed by atoms with Crippen molar-refractivity contribution in [3.8, 4) is 0 Å². The molecule has 3 aromatic carbocycles. The zero-order valence-electron chi connectivity index (χ0n) is 15.3. The first-order valence-corrected chi connectivity index (χ1v) is 10.8. The zero-order chi connectivity index (χ0) is 21.0. The molecule has 0 bridgehead atoms. The fourth-order valence-electron chi connectivity index (χ4n) is 2.54. The van der Waals surface area contributed by atoms with Crippen LogP contribution in [0.25, 0.3) is 0 Å². The second-order valence-corrected chi connectivity index (χ2v) is 8.83. The molecule has 0 unspecified atom stereocenters. The number of halogens is 1. The van der Waals surface area contributed by atoms with E-state index in [1.165, 1.54) is 43.3 Å². The van der Waals surface area contributed by atoms with Crippen molar-refractivity contribution in [2.75, 3.05) is 10.0 Å². The van der Waals surface area contributed by atoms with Crippen molar-refractivity contribution in [2.24, 2.45) is 0 Å². The molecule has 0 aromatic heterocycles. The minimum Gasteiger partial charge on any atom is -0.322 e. The molecule has 3 rings (SSSR count). The predicted molar refractivity (Wildman–Crippen MR) is 116 cm³/mol. The maximum absolute atomic E-state index is 12.4. The second-order valence-electron chi connectivity index (χ2n) is 6.23. The highest BCUT2D eigenvalue weighted by Crippen LogP contribution is 2.19. The van der Waals surface area contributed by atoms with Crippen LogP contribution in [0, 0.1) is 0 Å². The molecule has 0 aliphatic heterocycles. The van der Waals surface area contributed by atoms with E-state index in [0.29, 0.717) is 22.5 Å². The smallest absolute Gasteiger partial charge is 0.261 e. The molecule has 3 aromatic rings. The first kappa shape index (κ1) is 20.8. The molecule has 0 heterocycles. The Labute approximate surface area is 177 Å². The minimum atomic E-state index is -3.73. The number of nitrogens with one attached hydrogen (secondary N) is 2. The lowest BCUT2D eigenvalue weighted by molar-refractivity contribution is 0.101. The Kier molecular flexibility index (Phi) is 6.14. The Morgan fingerprint density at radius 1 is 0.828 bits per heavy atom. The number of Topliss-reactive ketones (excluding diaryl/α,β-unsaturated/α-hetero) is 1. The van der Waals surface area contributed by atoms with Crippen molar-refractivity contribution in [2.45, 2.75) is 11.8 Å². The number of rotatable bonds is 6. The molecule has 0 spiro atoms. The van der Waals surface area contributed by atoms with Crippen molar-refractivity contribution in [3.63, 3.8) is 0 Å². The summed E-state index contributed by atoms with van der Waals surface area (Å²) in [5.74, 6) is -0.462. The van der Waals surface area contributed by atoms with E-state index >= 15 is 0 Å². The van der Waals surface area contributed by atoms with Crippen molar-refractivity contribution in [1.82, 2.24) is 0 Å². The van der Waals surface area contributed by atoms with Crippen molar-refractivity contribution < 1.29 is 18.0 Å². The van der Waals surface area contributed by atoms with Crippen LogP contribution in [0.3, 0.4) is 0 Å². The van der Waals surface area contributed by atoms with E-state index < -0.39 is 10.0 Å². The second kappa shape index (κ2) is 8.59. The SMILES string of the molecule is CC(=O)c1cccc(NC(=O)c2ccc(NS(=O)(=O)c3ccc(Br)cc3)cc2)c1. The van der Waals surface area contributed by atoms with E-state index in [0.717, 1.165) is 4.47 Å². The normalized spacial score (nSPS) is 11.0. The van der Waals surface area contributed by atoms with Crippen LogP contribution >= 0.6 is 15.9 Å². The van der Waals surface area contributed by atoms with E-state index in [1.54, 1.807) is 36.4 Å². The molecular formula is C21H17BrN2O4S. The van der Waals surface area contributed by atoms with Gasteiger partial charge in [0.15, 0.2) is 5.78 Å². The van der Waals surface area contributed by atoms with Gasteiger partial charge in [0.05, 0.1) is 4.90 Å². The molecule has 29 heavy (non-hydrogen) atoms. The fourth-order valence-corrected chi connectivity index (χ4v) is 3.86. The average Bonchev–Trinajstić information content (AvgIpc) is 2.68. The number of hydrogen-bond donors (Lipinski definition) is 2. The summed E-state index contributed by atoms with van der Waals surface area (Å²) >= 11 is 3.27. The van der Waals surface area contributed by atoms with E-state index in [-0.39, 0.29) is 16.6 Å². The Morgan fingerprint density at radius 3 is 2.10 bits per heavy atom. The fraction of sp³-hybridized carbons (Fsp3) is 0.0476. The lowest BCUT2D eigenvalue weighted by Crippen LogP contribution is -2.14. The third kappa shape index (κ3) is 5.30. The van der Waals surface area contributed by atoms with Gasteiger partial charge in [0, 0.05) is 27.0 Å². The topological polar surface area (TPSA) is 92.3 Å². The van der Waals surface area contributed by atoms with Gasteiger partial charge in [0.1, 0.15) is 0 Å². The number of hydrogen-bond acceptors (Lipinski definition) is 4. The molecule has 6 nitrogen and oxygen atoms in total. The number of benzene rings is 3. The van der Waals surface area contributed by atoms with E-state index in [4.69, 9.17) is 0 Å². The van der Waals surface area contributed by atoms with E-state index in [2.05, 4.69) is 26.0 Å². The third-order valence-corrected chi connectivity index (χ3v) is 5.98. The predicted octanol–water partition coefficient (Wildman–Crippen LogP) is 4.70. The van der Waals surface area contributed by atoms with Gasteiger partial charge < -0.3 is 5.32 Å². The summed E-state index contributed by atoms with van der Waals surface area (Å²) in [7, 11) is -3.73. The van der Waals surface area contributed by atoms with Crippen LogP contribution in [-0.4, -0.2) is 20.1 Å². The van der Waals surface area contributed by atoms with Crippen LogP contribution in [0.4, 0.5) is 11.4 Å². The minimum absolute atomic E-state index is 0.0940. The summed E-state index contributed by atoms with van der Waals surface area (Å²) in [5.41, 5.74) is 1.69. The molecule has 8 heteroatoms. The van der Waals surface area contributed by atoms with Crippen LogP contribution in [0.15, 0.2) is 82.2 Å². The van der Waals surface area contributed by atoms with Crippen molar-refractivity contribution >= 4 is 49.0 Å². The Morgan fingerprint density at radius 2 is 1.48 bits per heavy atom. The summed E-state index contributed by atoms with van der Waals surface area (Å²) in [5, 5.41) is 2.72. The van der Waals surface area contributed by atoms with Gasteiger partial charge >= 0.3 is 0 Å². The summed E-state index contributed by atoms with van der Waals surface area (Å²) in [6.07, 6.45) is 0.